The molecule has 2 aromatic rings. The van der Waals surface area contributed by atoms with Gasteiger partial charge in [-0.15, -0.1) is 0 Å². The molecule has 0 aliphatic heterocycles. The summed E-state index contributed by atoms with van der Waals surface area (Å²) in [6.45, 7) is 11.2. The topological polar surface area (TPSA) is 49.7 Å². The van der Waals surface area contributed by atoms with E-state index in [2.05, 4.69) is 29.0 Å². The average molecular weight is 377 g/mol. The Labute approximate surface area is 159 Å². The van der Waals surface area contributed by atoms with Gasteiger partial charge in [-0.3, -0.25) is 14.6 Å². The minimum absolute atomic E-state index is 0.474. The largest absolute Gasteiger partial charge is 0.316 e. The number of H-pyrrole nitrogens is 1. The number of benzene rings is 1. The Morgan fingerprint density at radius 1 is 0.926 bits per heavy atom. The quantitative estimate of drug-likeness (QED) is 0.763. The van der Waals surface area contributed by atoms with Crippen LogP contribution in [0.1, 0.15) is 38.1 Å². The van der Waals surface area contributed by atoms with E-state index in [-0.39, 0.29) is 0 Å². The minimum atomic E-state index is -0.888. The van der Waals surface area contributed by atoms with Crippen LogP contribution in [0.15, 0.2) is 30.3 Å². The Morgan fingerprint density at radius 2 is 1.48 bits per heavy atom. The Morgan fingerprint density at radius 3 is 2.00 bits per heavy atom. The highest BCUT2D eigenvalue weighted by Gasteiger charge is 2.23. The molecule has 146 valence electrons. The van der Waals surface area contributed by atoms with Gasteiger partial charge >= 0.3 is 0 Å². The maximum Gasteiger partial charge on any atom is 0.261 e. The summed E-state index contributed by atoms with van der Waals surface area (Å²) in [5.74, 6) is -0.976. The molecule has 1 aromatic heterocycles. The van der Waals surface area contributed by atoms with E-state index in [1.165, 1.54) is 6.07 Å². The zero-order valence-corrected chi connectivity index (χ0v) is 16.3. The summed E-state index contributed by atoms with van der Waals surface area (Å²) in [4.78, 5) is 20.0. The number of hydrogen-bond acceptors (Lipinski definition) is 3. The summed E-state index contributed by atoms with van der Waals surface area (Å²) in [7, 11) is 0. The lowest BCUT2D eigenvalue weighted by Gasteiger charge is -2.22. The van der Waals surface area contributed by atoms with Gasteiger partial charge in [-0.1, -0.05) is 6.07 Å². The van der Waals surface area contributed by atoms with Gasteiger partial charge in [0.25, 0.3) is 5.91 Å². The van der Waals surface area contributed by atoms with Crippen molar-refractivity contribution < 1.29 is 18.6 Å². The molecule has 0 aliphatic rings. The standard InChI is InChI=1S/C20H26F2N4O/c1-5-25(6-2)17-13-12-16(19(24-17)26(7-3)8-4)23-20(27)18-14(21)10-9-11-15(18)22/h9-13H,5-8H2,1-4H3,(H,23,27)/p+1. The third-order valence-corrected chi connectivity index (χ3v) is 4.53. The first-order valence-electron chi connectivity index (χ1n) is 9.28. The number of aromatic nitrogens is 1. The summed E-state index contributed by atoms with van der Waals surface area (Å²) in [5, 5.41) is 2.65. The van der Waals surface area contributed by atoms with Crippen LogP contribution >= 0.6 is 0 Å². The van der Waals surface area contributed by atoms with Crippen molar-refractivity contribution in [3.8, 4) is 0 Å². The van der Waals surface area contributed by atoms with E-state index in [4.69, 9.17) is 0 Å². The fourth-order valence-corrected chi connectivity index (χ4v) is 3.01. The molecule has 0 bridgehead atoms. The van der Waals surface area contributed by atoms with Gasteiger partial charge in [0.2, 0.25) is 11.6 Å². The number of rotatable bonds is 8. The summed E-state index contributed by atoms with van der Waals surface area (Å²) in [5.41, 5.74) is -0.113. The van der Waals surface area contributed by atoms with E-state index in [1.54, 1.807) is 6.07 Å². The molecule has 0 fully saturated rings. The molecule has 27 heavy (non-hydrogen) atoms. The molecule has 0 saturated carbocycles. The maximum absolute atomic E-state index is 13.9. The summed E-state index contributed by atoms with van der Waals surface area (Å²) in [6, 6.07) is 6.98. The van der Waals surface area contributed by atoms with Crippen LogP contribution in [-0.4, -0.2) is 32.1 Å². The summed E-state index contributed by atoms with van der Waals surface area (Å²) >= 11 is 0. The van der Waals surface area contributed by atoms with E-state index < -0.39 is 23.1 Å². The second-order valence-electron chi connectivity index (χ2n) is 6.00. The fraction of sp³-hybridized carbons (Fsp3) is 0.400. The van der Waals surface area contributed by atoms with Crippen LogP contribution < -0.4 is 20.1 Å². The van der Waals surface area contributed by atoms with Crippen LogP contribution in [0.5, 0.6) is 0 Å². The number of nitrogens with one attached hydrogen (secondary N) is 2. The maximum atomic E-state index is 13.9. The molecule has 0 unspecified atom stereocenters. The van der Waals surface area contributed by atoms with Gasteiger partial charge < -0.3 is 5.32 Å². The number of carbonyl (C=O) groups is 1. The summed E-state index contributed by atoms with van der Waals surface area (Å²) < 4.78 is 27.9. The van der Waals surface area contributed by atoms with Crippen molar-refractivity contribution in [1.29, 1.82) is 0 Å². The second kappa shape index (κ2) is 9.30. The van der Waals surface area contributed by atoms with Crippen molar-refractivity contribution in [2.45, 2.75) is 27.7 Å². The minimum Gasteiger partial charge on any atom is -0.316 e. The first-order chi connectivity index (χ1) is 13.0. The van der Waals surface area contributed by atoms with E-state index in [9.17, 15) is 13.6 Å². The number of anilines is 3. The number of halogens is 2. The van der Waals surface area contributed by atoms with Crippen LogP contribution in [0.4, 0.5) is 26.1 Å². The highest BCUT2D eigenvalue weighted by atomic mass is 19.1. The van der Waals surface area contributed by atoms with Crippen molar-refractivity contribution >= 4 is 23.2 Å². The lowest BCUT2D eigenvalue weighted by Crippen LogP contribution is -2.35. The molecule has 1 amide bonds. The van der Waals surface area contributed by atoms with Gasteiger partial charge in [0, 0.05) is 6.07 Å². The zero-order chi connectivity index (χ0) is 20.0. The molecule has 2 N–H and O–H groups in total. The first-order valence-corrected chi connectivity index (χ1v) is 9.28. The second-order valence-corrected chi connectivity index (χ2v) is 6.00. The predicted octanol–water partition coefficient (Wildman–Crippen LogP) is 3.72. The Bertz CT molecular complexity index is 769. The molecule has 1 aromatic carbocycles. The molecule has 0 spiro atoms. The Balaban J connectivity index is 2.44. The smallest absolute Gasteiger partial charge is 0.261 e. The number of pyridine rings is 1. The third kappa shape index (κ3) is 4.53. The fourth-order valence-electron chi connectivity index (χ4n) is 3.01. The average Bonchev–Trinajstić information content (AvgIpc) is 2.65. The van der Waals surface area contributed by atoms with Gasteiger partial charge in [-0.05, 0) is 45.9 Å². The highest BCUT2D eigenvalue weighted by Crippen LogP contribution is 2.25. The molecular weight excluding hydrogens is 350 g/mol. The van der Waals surface area contributed by atoms with Crippen molar-refractivity contribution in [2.24, 2.45) is 0 Å². The molecule has 0 radical (unpaired) electrons. The van der Waals surface area contributed by atoms with Gasteiger partial charge in [-0.25, -0.2) is 13.8 Å². The van der Waals surface area contributed by atoms with Gasteiger partial charge in [0.05, 0.1) is 26.2 Å². The Kier molecular flexibility index (Phi) is 7.10. The van der Waals surface area contributed by atoms with Crippen molar-refractivity contribution in [3.05, 3.63) is 47.5 Å². The molecule has 0 atom stereocenters. The monoisotopic (exact) mass is 377 g/mol. The molecular formula is C20H27F2N4O+. The molecule has 7 heteroatoms. The van der Waals surface area contributed by atoms with Crippen LogP contribution in [0.25, 0.3) is 0 Å². The van der Waals surface area contributed by atoms with Gasteiger partial charge in [0.15, 0.2) is 0 Å². The molecule has 2 rings (SSSR count). The van der Waals surface area contributed by atoms with Gasteiger partial charge in [-0.2, -0.15) is 0 Å². The van der Waals surface area contributed by atoms with E-state index in [0.29, 0.717) is 24.6 Å². The van der Waals surface area contributed by atoms with E-state index in [1.807, 2.05) is 24.8 Å². The van der Waals surface area contributed by atoms with Gasteiger partial charge in [0.1, 0.15) is 22.9 Å². The van der Waals surface area contributed by atoms with Crippen molar-refractivity contribution in [2.75, 3.05) is 41.3 Å². The third-order valence-electron chi connectivity index (χ3n) is 4.53. The molecule has 0 saturated heterocycles. The zero-order valence-electron chi connectivity index (χ0n) is 16.3. The number of carbonyl (C=O) groups excluding carboxylic acids is 1. The van der Waals surface area contributed by atoms with E-state index in [0.717, 1.165) is 31.0 Å². The first kappa shape index (κ1) is 20.6. The van der Waals surface area contributed by atoms with E-state index >= 15 is 0 Å². The predicted molar refractivity (Wildman–Crippen MR) is 104 cm³/mol. The van der Waals surface area contributed by atoms with Crippen LogP contribution in [0, 0.1) is 11.6 Å². The van der Waals surface area contributed by atoms with Crippen molar-refractivity contribution in [1.82, 2.24) is 0 Å². The summed E-state index contributed by atoms with van der Waals surface area (Å²) in [6.07, 6.45) is 0. The molecule has 5 nitrogen and oxygen atoms in total. The number of aromatic amines is 1. The van der Waals surface area contributed by atoms with Crippen LogP contribution in [0.2, 0.25) is 0 Å². The molecule has 0 aliphatic carbocycles. The lowest BCUT2D eigenvalue weighted by molar-refractivity contribution is -0.349. The number of amides is 1. The van der Waals surface area contributed by atoms with Crippen LogP contribution in [-0.2, 0) is 0 Å². The molecule has 1 heterocycles. The lowest BCUT2D eigenvalue weighted by atomic mass is 10.1. The Hall–Kier alpha value is -2.70. The number of hydrogen-bond donors (Lipinski definition) is 1. The van der Waals surface area contributed by atoms with Crippen molar-refractivity contribution in [3.63, 3.8) is 0 Å². The highest BCUT2D eigenvalue weighted by molar-refractivity contribution is 6.05. The SMILES string of the molecule is CCN(CC)c1ccc(NC(=O)c2c(F)cccc2F)c(N(CC)CC)[nH+]1. The number of nitrogens with zero attached hydrogens (tertiary/aromatic N) is 2. The van der Waals surface area contributed by atoms with Crippen LogP contribution in [0.3, 0.4) is 0 Å². The normalized spacial score (nSPS) is 10.6.